The molecule has 0 heterocycles. The molecule has 0 amide bonds. The number of carbonyl (C=O) groups is 1. The van der Waals surface area contributed by atoms with Gasteiger partial charge in [0.1, 0.15) is 11.6 Å². The molecule has 0 unspecified atom stereocenters. The van der Waals surface area contributed by atoms with Gasteiger partial charge in [-0.25, -0.2) is 4.39 Å². The van der Waals surface area contributed by atoms with Crippen molar-refractivity contribution in [1.82, 2.24) is 0 Å². The standard InChI is InChI=1S/C20H19FO2/c1-2-3-4-12-18(22)23-20-16-10-6-5-8-14(16)13-15-9-7-11-17(21)19(15)20/h5-11,13H,2-4,12H2,1H3. The summed E-state index contributed by atoms with van der Waals surface area (Å²) >= 11 is 0. The smallest absolute Gasteiger partial charge is 0.311 e. The van der Waals surface area contributed by atoms with E-state index in [9.17, 15) is 9.18 Å². The molecule has 0 aliphatic heterocycles. The Kier molecular flexibility index (Phi) is 4.56. The minimum Gasteiger partial charge on any atom is -0.425 e. The number of esters is 1. The zero-order chi connectivity index (χ0) is 16.2. The van der Waals surface area contributed by atoms with Gasteiger partial charge < -0.3 is 4.74 Å². The van der Waals surface area contributed by atoms with Gasteiger partial charge >= 0.3 is 5.97 Å². The van der Waals surface area contributed by atoms with Gasteiger partial charge in [0.2, 0.25) is 0 Å². The molecule has 0 aromatic heterocycles. The Morgan fingerprint density at radius 3 is 2.65 bits per heavy atom. The zero-order valence-electron chi connectivity index (χ0n) is 13.1. The lowest BCUT2D eigenvalue weighted by Crippen LogP contribution is -2.08. The molecule has 0 saturated heterocycles. The summed E-state index contributed by atoms with van der Waals surface area (Å²) in [5, 5.41) is 2.80. The maximum absolute atomic E-state index is 14.3. The summed E-state index contributed by atoms with van der Waals surface area (Å²) in [6, 6.07) is 14.4. The maximum Gasteiger partial charge on any atom is 0.311 e. The van der Waals surface area contributed by atoms with E-state index in [2.05, 4.69) is 6.92 Å². The molecular weight excluding hydrogens is 291 g/mol. The normalized spacial score (nSPS) is 11.0. The number of hydrogen-bond acceptors (Lipinski definition) is 2. The number of fused-ring (bicyclic) bond motifs is 2. The van der Waals surface area contributed by atoms with Crippen molar-refractivity contribution < 1.29 is 13.9 Å². The van der Waals surface area contributed by atoms with Crippen LogP contribution in [0.2, 0.25) is 0 Å². The van der Waals surface area contributed by atoms with Gasteiger partial charge in [0.05, 0.1) is 5.39 Å². The lowest BCUT2D eigenvalue weighted by Gasteiger charge is -2.12. The van der Waals surface area contributed by atoms with Gasteiger partial charge in [-0.2, -0.15) is 0 Å². The summed E-state index contributed by atoms with van der Waals surface area (Å²) < 4.78 is 19.9. The Morgan fingerprint density at radius 1 is 1.04 bits per heavy atom. The van der Waals surface area contributed by atoms with Crippen molar-refractivity contribution in [2.75, 3.05) is 0 Å². The third kappa shape index (κ3) is 3.19. The summed E-state index contributed by atoms with van der Waals surface area (Å²) in [7, 11) is 0. The molecule has 0 spiro atoms. The topological polar surface area (TPSA) is 26.3 Å². The molecule has 118 valence electrons. The summed E-state index contributed by atoms with van der Waals surface area (Å²) in [6.07, 6.45) is 3.17. The van der Waals surface area contributed by atoms with Crippen LogP contribution in [-0.2, 0) is 4.79 Å². The number of halogens is 1. The van der Waals surface area contributed by atoms with Gasteiger partial charge in [0.15, 0.2) is 0 Å². The second kappa shape index (κ2) is 6.78. The second-order valence-corrected chi connectivity index (χ2v) is 5.70. The monoisotopic (exact) mass is 310 g/mol. The predicted molar refractivity (Wildman–Crippen MR) is 91.2 cm³/mol. The number of rotatable bonds is 5. The Balaban J connectivity index is 2.09. The minimum absolute atomic E-state index is 0.306. The van der Waals surface area contributed by atoms with Crippen LogP contribution in [0.25, 0.3) is 21.5 Å². The quantitative estimate of drug-likeness (QED) is 0.265. The van der Waals surface area contributed by atoms with Crippen LogP contribution in [0.4, 0.5) is 4.39 Å². The first kappa shape index (κ1) is 15.5. The van der Waals surface area contributed by atoms with E-state index in [1.54, 1.807) is 6.07 Å². The van der Waals surface area contributed by atoms with E-state index < -0.39 is 0 Å². The van der Waals surface area contributed by atoms with Crippen LogP contribution in [0.1, 0.15) is 32.6 Å². The van der Waals surface area contributed by atoms with Crippen molar-refractivity contribution in [2.24, 2.45) is 0 Å². The molecule has 2 nitrogen and oxygen atoms in total. The van der Waals surface area contributed by atoms with Crippen LogP contribution in [0.5, 0.6) is 5.75 Å². The van der Waals surface area contributed by atoms with Crippen LogP contribution >= 0.6 is 0 Å². The number of hydrogen-bond donors (Lipinski definition) is 0. The van der Waals surface area contributed by atoms with Crippen molar-refractivity contribution in [1.29, 1.82) is 0 Å². The van der Waals surface area contributed by atoms with Gasteiger partial charge in [0, 0.05) is 11.8 Å². The fourth-order valence-electron chi connectivity index (χ4n) is 2.82. The average molecular weight is 310 g/mol. The van der Waals surface area contributed by atoms with E-state index in [4.69, 9.17) is 4.74 Å². The van der Waals surface area contributed by atoms with Crippen LogP contribution in [-0.4, -0.2) is 5.97 Å². The van der Waals surface area contributed by atoms with Crippen LogP contribution in [0.3, 0.4) is 0 Å². The highest BCUT2D eigenvalue weighted by atomic mass is 19.1. The van der Waals surface area contributed by atoms with Crippen molar-refractivity contribution in [2.45, 2.75) is 32.6 Å². The summed E-state index contributed by atoms with van der Waals surface area (Å²) in [4.78, 5) is 12.1. The molecule has 3 aromatic rings. The van der Waals surface area contributed by atoms with Gasteiger partial charge in [-0.1, -0.05) is 56.2 Å². The molecule has 0 aliphatic carbocycles. The summed E-state index contributed by atoms with van der Waals surface area (Å²) in [5.74, 6) is -0.346. The van der Waals surface area contributed by atoms with Crippen molar-refractivity contribution >= 4 is 27.5 Å². The SMILES string of the molecule is CCCCCC(=O)Oc1c2ccccc2cc2cccc(F)c12. The Morgan fingerprint density at radius 2 is 1.83 bits per heavy atom. The summed E-state index contributed by atoms with van der Waals surface area (Å²) in [5.41, 5.74) is 0. The fourth-order valence-corrected chi connectivity index (χ4v) is 2.82. The van der Waals surface area contributed by atoms with E-state index in [1.807, 2.05) is 36.4 Å². The number of unbranched alkanes of at least 4 members (excludes halogenated alkanes) is 2. The predicted octanol–water partition coefficient (Wildman–Crippen LogP) is 5.62. The first-order valence-electron chi connectivity index (χ1n) is 8.01. The van der Waals surface area contributed by atoms with Crippen LogP contribution < -0.4 is 4.74 Å². The van der Waals surface area contributed by atoms with Crippen LogP contribution in [0.15, 0.2) is 48.5 Å². The molecular formula is C20H19FO2. The van der Waals surface area contributed by atoms with E-state index >= 15 is 0 Å². The van der Waals surface area contributed by atoms with E-state index in [0.717, 1.165) is 35.4 Å². The third-order valence-electron chi connectivity index (χ3n) is 3.99. The molecule has 0 atom stereocenters. The average Bonchev–Trinajstić information content (AvgIpc) is 2.55. The number of benzene rings is 3. The highest BCUT2D eigenvalue weighted by Gasteiger charge is 2.15. The van der Waals surface area contributed by atoms with Gasteiger partial charge in [-0.05, 0) is 29.3 Å². The molecule has 3 rings (SSSR count). The third-order valence-corrected chi connectivity index (χ3v) is 3.99. The highest BCUT2D eigenvalue weighted by Crippen LogP contribution is 2.36. The Bertz CT molecular complexity index is 855. The van der Waals surface area contributed by atoms with Gasteiger partial charge in [0.25, 0.3) is 0 Å². The second-order valence-electron chi connectivity index (χ2n) is 5.70. The van der Waals surface area contributed by atoms with Crippen molar-refractivity contribution in [3.8, 4) is 5.75 Å². The van der Waals surface area contributed by atoms with E-state index in [-0.39, 0.29) is 11.8 Å². The highest BCUT2D eigenvalue weighted by molar-refractivity contribution is 6.06. The molecule has 0 saturated carbocycles. The van der Waals surface area contributed by atoms with E-state index in [0.29, 0.717) is 17.6 Å². The molecule has 0 radical (unpaired) electrons. The molecule has 0 bridgehead atoms. The molecule has 3 heteroatoms. The van der Waals surface area contributed by atoms with Crippen molar-refractivity contribution in [3.63, 3.8) is 0 Å². The molecule has 0 aliphatic rings. The fraction of sp³-hybridized carbons (Fsp3) is 0.250. The Labute approximate surface area is 134 Å². The minimum atomic E-state index is -0.371. The number of ether oxygens (including phenoxy) is 1. The largest absolute Gasteiger partial charge is 0.425 e. The molecule has 23 heavy (non-hydrogen) atoms. The lowest BCUT2D eigenvalue weighted by atomic mass is 10.0. The lowest BCUT2D eigenvalue weighted by molar-refractivity contribution is -0.134. The zero-order valence-corrected chi connectivity index (χ0v) is 13.1. The summed E-state index contributed by atoms with van der Waals surface area (Å²) in [6.45, 7) is 2.08. The first-order valence-corrected chi connectivity index (χ1v) is 8.01. The van der Waals surface area contributed by atoms with E-state index in [1.165, 1.54) is 6.07 Å². The van der Waals surface area contributed by atoms with Gasteiger partial charge in [-0.15, -0.1) is 0 Å². The maximum atomic E-state index is 14.3. The molecule has 3 aromatic carbocycles. The van der Waals surface area contributed by atoms with Crippen LogP contribution in [0, 0.1) is 5.82 Å². The Hall–Kier alpha value is -2.42. The van der Waals surface area contributed by atoms with Gasteiger partial charge in [-0.3, -0.25) is 4.79 Å². The first-order chi connectivity index (χ1) is 11.2. The molecule has 0 fully saturated rings. The van der Waals surface area contributed by atoms with Crippen molar-refractivity contribution in [3.05, 3.63) is 54.3 Å². The number of carbonyl (C=O) groups excluding carboxylic acids is 1. The molecule has 0 N–H and O–H groups in total.